The van der Waals surface area contributed by atoms with Crippen molar-refractivity contribution in [2.24, 2.45) is 0 Å². The second kappa shape index (κ2) is 8.38. The van der Waals surface area contributed by atoms with Crippen molar-refractivity contribution in [2.75, 3.05) is 26.2 Å². The molecule has 1 heterocycles. The fraction of sp³-hybridized carbons (Fsp3) is 0.409. The van der Waals surface area contributed by atoms with Crippen molar-refractivity contribution in [3.8, 4) is 5.75 Å². The maximum absolute atomic E-state index is 13.7. The Morgan fingerprint density at radius 2 is 1.81 bits per heavy atom. The molecule has 0 aliphatic carbocycles. The van der Waals surface area contributed by atoms with Crippen LogP contribution in [0.1, 0.15) is 35.3 Å². The number of aryl methyl sites for hydroxylation is 2. The fourth-order valence-corrected chi connectivity index (χ4v) is 4.96. The lowest BCUT2D eigenvalue weighted by Gasteiger charge is -2.39. The monoisotopic (exact) mass is 447 g/mol. The molecule has 0 fully saturated rings. The Morgan fingerprint density at radius 3 is 2.44 bits per heavy atom. The Kier molecular flexibility index (Phi) is 6.34. The number of carbonyl (C=O) groups is 1. The number of halogens is 1. The zero-order chi connectivity index (χ0) is 19.6. The molecular weight excluding hydrogens is 422 g/mol. The smallest absolute Gasteiger partial charge is 0.187 e. The summed E-state index contributed by atoms with van der Waals surface area (Å²) in [5, 5.41) is 0. The van der Waals surface area contributed by atoms with E-state index in [4.69, 9.17) is 4.74 Å². The van der Waals surface area contributed by atoms with Crippen molar-refractivity contribution in [3.05, 3.63) is 57.6 Å². The van der Waals surface area contributed by atoms with E-state index in [0.29, 0.717) is 24.5 Å². The van der Waals surface area contributed by atoms with Gasteiger partial charge in [0, 0.05) is 15.9 Å². The molecule has 0 saturated carbocycles. The highest BCUT2D eigenvalue weighted by Crippen LogP contribution is 2.43. The van der Waals surface area contributed by atoms with E-state index in [9.17, 15) is 4.79 Å². The number of hydrogen-bond acceptors (Lipinski definition) is 4. The van der Waals surface area contributed by atoms with Crippen LogP contribution >= 0.6 is 27.7 Å². The average Bonchev–Trinajstić information content (AvgIpc) is 2.66. The Bertz CT molecular complexity index is 833. The summed E-state index contributed by atoms with van der Waals surface area (Å²) in [4.78, 5) is 17.1. The molecule has 1 unspecified atom stereocenters. The van der Waals surface area contributed by atoms with Gasteiger partial charge in [0.25, 0.3) is 0 Å². The molecule has 0 bridgehead atoms. The van der Waals surface area contributed by atoms with E-state index in [1.807, 2.05) is 19.1 Å². The van der Waals surface area contributed by atoms with Crippen LogP contribution < -0.4 is 4.74 Å². The minimum absolute atomic E-state index is 0.155. The third-order valence-corrected chi connectivity index (χ3v) is 7.27. The quantitative estimate of drug-likeness (QED) is 0.583. The summed E-state index contributed by atoms with van der Waals surface area (Å²) in [6, 6.07) is 12.2. The van der Waals surface area contributed by atoms with Crippen LogP contribution in [0.4, 0.5) is 0 Å². The van der Waals surface area contributed by atoms with Gasteiger partial charge in [-0.25, -0.2) is 0 Å². The number of fused-ring (bicyclic) bond motifs is 1. The standard InChI is InChI=1S/C22H26BrNO2S/c1-5-24(6-2)13-22(27-17-9-7-15(3)8-10-17)14-26-20-11-16(4)19(23)12-18(20)21(22)25/h7-12H,5-6,13-14H2,1-4H3. The van der Waals surface area contributed by atoms with Crippen LogP contribution in [0.25, 0.3) is 0 Å². The lowest BCUT2D eigenvalue weighted by Crippen LogP contribution is -2.52. The number of ether oxygens (including phenoxy) is 1. The summed E-state index contributed by atoms with van der Waals surface area (Å²) in [5.74, 6) is 0.849. The number of rotatable bonds is 6. The normalized spacial score (nSPS) is 19.1. The van der Waals surface area contributed by atoms with E-state index < -0.39 is 4.75 Å². The zero-order valence-electron chi connectivity index (χ0n) is 16.3. The molecule has 1 atom stereocenters. The molecule has 27 heavy (non-hydrogen) atoms. The number of carbonyl (C=O) groups excluding carboxylic acids is 1. The summed E-state index contributed by atoms with van der Waals surface area (Å²) >= 11 is 5.20. The molecule has 144 valence electrons. The molecule has 3 rings (SSSR count). The molecule has 0 spiro atoms. The van der Waals surface area contributed by atoms with E-state index in [0.717, 1.165) is 28.0 Å². The van der Waals surface area contributed by atoms with E-state index in [-0.39, 0.29) is 5.78 Å². The molecule has 0 aromatic heterocycles. The van der Waals surface area contributed by atoms with Gasteiger partial charge < -0.3 is 9.64 Å². The van der Waals surface area contributed by atoms with E-state index in [2.05, 4.69) is 65.9 Å². The summed E-state index contributed by atoms with van der Waals surface area (Å²) in [6.45, 7) is 11.2. The zero-order valence-corrected chi connectivity index (χ0v) is 18.7. The molecule has 3 nitrogen and oxygen atoms in total. The molecule has 0 amide bonds. The maximum atomic E-state index is 13.7. The van der Waals surface area contributed by atoms with Gasteiger partial charge in [0.2, 0.25) is 0 Å². The fourth-order valence-electron chi connectivity index (χ4n) is 3.32. The highest BCUT2D eigenvalue weighted by Gasteiger charge is 2.46. The number of ketones is 1. The highest BCUT2D eigenvalue weighted by atomic mass is 79.9. The summed E-state index contributed by atoms with van der Waals surface area (Å²) in [6.07, 6.45) is 0. The van der Waals surface area contributed by atoms with Crippen LogP contribution in [0.2, 0.25) is 0 Å². The molecular formula is C22H26BrNO2S. The minimum Gasteiger partial charge on any atom is -0.491 e. The first-order valence-electron chi connectivity index (χ1n) is 9.34. The summed E-state index contributed by atoms with van der Waals surface area (Å²) in [7, 11) is 0. The van der Waals surface area contributed by atoms with E-state index in [1.165, 1.54) is 5.56 Å². The Balaban J connectivity index is 2.02. The van der Waals surface area contributed by atoms with Crippen LogP contribution in [0.5, 0.6) is 5.75 Å². The molecule has 2 aromatic carbocycles. The molecule has 0 saturated heterocycles. The van der Waals surface area contributed by atoms with E-state index >= 15 is 0 Å². The first kappa shape index (κ1) is 20.4. The second-order valence-corrected chi connectivity index (χ2v) is 9.40. The van der Waals surface area contributed by atoms with Gasteiger partial charge in [-0.2, -0.15) is 0 Å². The van der Waals surface area contributed by atoms with Crippen molar-refractivity contribution in [1.29, 1.82) is 0 Å². The molecule has 1 aliphatic rings. The summed E-state index contributed by atoms with van der Waals surface area (Å²) < 4.78 is 6.43. The topological polar surface area (TPSA) is 29.5 Å². The van der Waals surface area contributed by atoms with Gasteiger partial charge in [-0.1, -0.05) is 47.5 Å². The predicted octanol–water partition coefficient (Wildman–Crippen LogP) is 5.51. The van der Waals surface area contributed by atoms with Crippen molar-refractivity contribution in [2.45, 2.75) is 37.3 Å². The Morgan fingerprint density at radius 1 is 1.15 bits per heavy atom. The predicted molar refractivity (Wildman–Crippen MR) is 116 cm³/mol. The van der Waals surface area contributed by atoms with Gasteiger partial charge in [0.15, 0.2) is 5.78 Å². The van der Waals surface area contributed by atoms with Crippen LogP contribution in [0.3, 0.4) is 0 Å². The third kappa shape index (κ3) is 4.25. The van der Waals surface area contributed by atoms with Crippen molar-refractivity contribution in [3.63, 3.8) is 0 Å². The van der Waals surface area contributed by atoms with Crippen LogP contribution in [-0.4, -0.2) is 41.7 Å². The van der Waals surface area contributed by atoms with Crippen LogP contribution in [-0.2, 0) is 0 Å². The number of hydrogen-bond donors (Lipinski definition) is 0. The van der Waals surface area contributed by atoms with Crippen molar-refractivity contribution >= 4 is 33.5 Å². The highest BCUT2D eigenvalue weighted by molar-refractivity contribution is 9.10. The molecule has 0 N–H and O–H groups in total. The molecule has 1 aliphatic heterocycles. The first-order valence-corrected chi connectivity index (χ1v) is 10.9. The average molecular weight is 448 g/mol. The molecule has 0 radical (unpaired) electrons. The third-order valence-electron chi connectivity index (χ3n) is 5.09. The van der Waals surface area contributed by atoms with Crippen molar-refractivity contribution in [1.82, 2.24) is 4.90 Å². The SMILES string of the molecule is CCN(CC)CC1(Sc2ccc(C)cc2)COc2cc(C)c(Br)cc2C1=O. The van der Waals surface area contributed by atoms with Gasteiger partial charge in [0.05, 0.1) is 5.56 Å². The lowest BCUT2D eigenvalue weighted by atomic mass is 9.92. The number of benzene rings is 2. The van der Waals surface area contributed by atoms with Crippen LogP contribution in [0.15, 0.2) is 45.8 Å². The van der Waals surface area contributed by atoms with Gasteiger partial charge in [0.1, 0.15) is 17.1 Å². The largest absolute Gasteiger partial charge is 0.491 e. The lowest BCUT2D eigenvalue weighted by molar-refractivity contribution is 0.0825. The maximum Gasteiger partial charge on any atom is 0.187 e. The Labute approximate surface area is 174 Å². The minimum atomic E-state index is -0.650. The van der Waals surface area contributed by atoms with Crippen LogP contribution in [0, 0.1) is 13.8 Å². The van der Waals surface area contributed by atoms with Gasteiger partial charge >= 0.3 is 0 Å². The van der Waals surface area contributed by atoms with Crippen molar-refractivity contribution < 1.29 is 9.53 Å². The number of nitrogens with zero attached hydrogens (tertiary/aromatic N) is 1. The Hall–Kier alpha value is -1.30. The van der Waals surface area contributed by atoms with Gasteiger partial charge in [-0.15, -0.1) is 11.8 Å². The van der Waals surface area contributed by atoms with E-state index in [1.54, 1.807) is 11.8 Å². The molecule has 2 aromatic rings. The second-order valence-electron chi connectivity index (χ2n) is 7.09. The number of thioether (sulfide) groups is 1. The molecule has 5 heteroatoms. The van der Waals surface area contributed by atoms with Gasteiger partial charge in [-0.05, 0) is 56.8 Å². The summed E-state index contributed by atoms with van der Waals surface area (Å²) in [5.41, 5.74) is 2.96. The van der Waals surface area contributed by atoms with Gasteiger partial charge in [-0.3, -0.25) is 4.79 Å². The number of Topliss-reactive ketones (excluding diaryl/α,β-unsaturated/α-hetero) is 1. The first-order chi connectivity index (χ1) is 12.9.